The number of nitrogens with zero attached hydrogens (tertiary/aromatic N) is 2. The summed E-state index contributed by atoms with van der Waals surface area (Å²) in [4.78, 5) is 15.3. The highest BCUT2D eigenvalue weighted by Crippen LogP contribution is 2.24. The molecule has 0 unspecified atom stereocenters. The molecule has 0 aliphatic carbocycles. The number of benzene rings is 1. The van der Waals surface area contributed by atoms with Crippen molar-refractivity contribution in [1.29, 1.82) is 0 Å². The Hall–Kier alpha value is -1.69. The fraction of sp³-hybridized carbons (Fsp3) is 0.429. The zero-order valence-electron chi connectivity index (χ0n) is 11.4. The van der Waals surface area contributed by atoms with Crippen LogP contribution in [-0.4, -0.2) is 42.0 Å². The normalized spacial score (nSPS) is 15.9. The maximum absolute atomic E-state index is 13.9. The third-order valence-electron chi connectivity index (χ3n) is 3.52. The Morgan fingerprint density at radius 1 is 1.30 bits per heavy atom. The van der Waals surface area contributed by atoms with E-state index in [1.165, 1.54) is 6.07 Å². The molecule has 2 N–H and O–H groups in total. The molecule has 2 rings (SSSR count). The molecule has 6 heteroatoms. The molecule has 1 aromatic carbocycles. The zero-order valence-corrected chi connectivity index (χ0v) is 12.3. The van der Waals surface area contributed by atoms with Crippen molar-refractivity contribution < 1.29 is 9.18 Å². The van der Waals surface area contributed by atoms with E-state index in [4.69, 9.17) is 18.0 Å². The highest BCUT2D eigenvalue weighted by Gasteiger charge is 2.20. The van der Waals surface area contributed by atoms with Crippen LogP contribution in [0.3, 0.4) is 0 Å². The fourth-order valence-electron chi connectivity index (χ4n) is 2.49. The minimum Gasteiger partial charge on any atom is -0.389 e. The Morgan fingerprint density at radius 2 is 2.05 bits per heavy atom. The Kier molecular flexibility index (Phi) is 4.54. The molecular formula is C14H18FN3OS. The van der Waals surface area contributed by atoms with Gasteiger partial charge in [0.15, 0.2) is 0 Å². The van der Waals surface area contributed by atoms with E-state index in [9.17, 15) is 9.18 Å². The second kappa shape index (κ2) is 6.17. The van der Waals surface area contributed by atoms with E-state index in [1.807, 2.05) is 11.0 Å². The molecule has 0 atom stereocenters. The quantitative estimate of drug-likeness (QED) is 0.841. The number of hydrogen-bond acceptors (Lipinski definition) is 3. The summed E-state index contributed by atoms with van der Waals surface area (Å²) in [7, 11) is 0. The van der Waals surface area contributed by atoms with Crippen LogP contribution in [0, 0.1) is 5.82 Å². The number of amides is 1. The Morgan fingerprint density at radius 3 is 2.70 bits per heavy atom. The second-order valence-electron chi connectivity index (χ2n) is 4.84. The summed E-state index contributed by atoms with van der Waals surface area (Å²) in [6.45, 7) is 4.33. The van der Waals surface area contributed by atoms with Crippen LogP contribution in [0.1, 0.15) is 18.9 Å². The van der Waals surface area contributed by atoms with E-state index >= 15 is 0 Å². The first kappa shape index (κ1) is 14.7. The van der Waals surface area contributed by atoms with Crippen LogP contribution in [-0.2, 0) is 4.79 Å². The molecule has 108 valence electrons. The van der Waals surface area contributed by atoms with Crippen molar-refractivity contribution in [3.63, 3.8) is 0 Å². The van der Waals surface area contributed by atoms with Gasteiger partial charge in [0.25, 0.3) is 0 Å². The number of thiocarbonyl (C=S) groups is 1. The summed E-state index contributed by atoms with van der Waals surface area (Å²) in [5, 5.41) is 0. The molecule has 1 fully saturated rings. The Balaban J connectivity index is 2.26. The van der Waals surface area contributed by atoms with Crippen LogP contribution in [0.5, 0.6) is 0 Å². The van der Waals surface area contributed by atoms with Crippen LogP contribution >= 0.6 is 12.2 Å². The highest BCUT2D eigenvalue weighted by molar-refractivity contribution is 7.80. The largest absolute Gasteiger partial charge is 0.389 e. The molecule has 4 nitrogen and oxygen atoms in total. The topological polar surface area (TPSA) is 49.6 Å². The van der Waals surface area contributed by atoms with Gasteiger partial charge < -0.3 is 15.5 Å². The van der Waals surface area contributed by atoms with Crippen LogP contribution < -0.4 is 10.6 Å². The van der Waals surface area contributed by atoms with Gasteiger partial charge in [0.2, 0.25) is 5.91 Å². The minimum atomic E-state index is -0.400. The van der Waals surface area contributed by atoms with Gasteiger partial charge >= 0.3 is 0 Å². The number of carbonyl (C=O) groups is 1. The summed E-state index contributed by atoms with van der Waals surface area (Å²) >= 11 is 4.95. The zero-order chi connectivity index (χ0) is 14.7. The van der Waals surface area contributed by atoms with Crippen LogP contribution in [0.2, 0.25) is 0 Å². The predicted molar refractivity (Wildman–Crippen MR) is 81.4 cm³/mol. The molecule has 20 heavy (non-hydrogen) atoms. The summed E-state index contributed by atoms with van der Waals surface area (Å²) in [5.41, 5.74) is 6.64. The average molecular weight is 295 g/mol. The fourth-order valence-corrected chi connectivity index (χ4v) is 2.70. The predicted octanol–water partition coefficient (Wildman–Crippen LogP) is 1.52. The van der Waals surface area contributed by atoms with Crippen molar-refractivity contribution in [1.82, 2.24) is 4.90 Å². The third-order valence-corrected chi connectivity index (χ3v) is 3.72. The molecule has 1 saturated heterocycles. The number of carbonyl (C=O) groups excluding carboxylic acids is 1. The van der Waals surface area contributed by atoms with E-state index in [0.29, 0.717) is 24.3 Å². The minimum absolute atomic E-state index is 0.0609. The van der Waals surface area contributed by atoms with Crippen LogP contribution in [0.15, 0.2) is 18.2 Å². The Bertz CT molecular complexity index is 535. The molecule has 0 bridgehead atoms. The molecule has 0 radical (unpaired) electrons. The van der Waals surface area contributed by atoms with Crippen molar-refractivity contribution >= 4 is 28.8 Å². The van der Waals surface area contributed by atoms with E-state index < -0.39 is 5.82 Å². The van der Waals surface area contributed by atoms with Crippen molar-refractivity contribution in [2.45, 2.75) is 13.3 Å². The van der Waals surface area contributed by atoms with Gasteiger partial charge in [0.1, 0.15) is 10.8 Å². The van der Waals surface area contributed by atoms with Gasteiger partial charge in [-0.3, -0.25) is 4.79 Å². The number of hydrogen-bond donors (Lipinski definition) is 1. The SMILES string of the molecule is CC(=O)N1CCCN(c2cccc(F)c2C(N)=S)CC1. The Labute approximate surface area is 123 Å². The molecule has 1 amide bonds. The summed E-state index contributed by atoms with van der Waals surface area (Å²) < 4.78 is 13.9. The van der Waals surface area contributed by atoms with Gasteiger partial charge in [-0.15, -0.1) is 0 Å². The lowest BCUT2D eigenvalue weighted by molar-refractivity contribution is -0.128. The molecule has 0 spiro atoms. The van der Waals surface area contributed by atoms with Gasteiger partial charge in [-0.05, 0) is 18.6 Å². The van der Waals surface area contributed by atoms with Crippen molar-refractivity contribution in [3.05, 3.63) is 29.6 Å². The maximum atomic E-state index is 13.9. The van der Waals surface area contributed by atoms with Gasteiger partial charge in [-0.1, -0.05) is 18.3 Å². The molecule has 1 heterocycles. The maximum Gasteiger partial charge on any atom is 0.219 e. The number of halogens is 1. The van der Waals surface area contributed by atoms with Gasteiger partial charge in [-0.25, -0.2) is 4.39 Å². The number of anilines is 1. The first-order chi connectivity index (χ1) is 9.50. The van der Waals surface area contributed by atoms with Crippen LogP contribution in [0.4, 0.5) is 10.1 Å². The smallest absolute Gasteiger partial charge is 0.219 e. The summed E-state index contributed by atoms with van der Waals surface area (Å²) in [6, 6.07) is 4.83. The van der Waals surface area contributed by atoms with Crippen molar-refractivity contribution in [3.8, 4) is 0 Å². The monoisotopic (exact) mass is 295 g/mol. The molecule has 0 saturated carbocycles. The first-order valence-electron chi connectivity index (χ1n) is 6.59. The number of nitrogens with two attached hydrogens (primary N) is 1. The highest BCUT2D eigenvalue weighted by atomic mass is 32.1. The lowest BCUT2D eigenvalue weighted by atomic mass is 10.1. The van der Waals surface area contributed by atoms with Crippen LogP contribution in [0.25, 0.3) is 0 Å². The molecular weight excluding hydrogens is 277 g/mol. The van der Waals surface area contributed by atoms with Crippen molar-refractivity contribution in [2.75, 3.05) is 31.1 Å². The second-order valence-corrected chi connectivity index (χ2v) is 5.28. The lowest BCUT2D eigenvalue weighted by Crippen LogP contribution is -2.34. The average Bonchev–Trinajstić information content (AvgIpc) is 2.63. The first-order valence-corrected chi connectivity index (χ1v) is 7.00. The van der Waals surface area contributed by atoms with Gasteiger partial charge in [0, 0.05) is 38.8 Å². The van der Waals surface area contributed by atoms with Gasteiger partial charge in [-0.2, -0.15) is 0 Å². The van der Waals surface area contributed by atoms with E-state index in [1.54, 1.807) is 17.9 Å². The van der Waals surface area contributed by atoms with E-state index in [0.717, 1.165) is 19.5 Å². The molecule has 1 aliphatic rings. The summed E-state index contributed by atoms with van der Waals surface area (Å²) in [5.74, 6) is -0.330. The van der Waals surface area contributed by atoms with E-state index in [-0.39, 0.29) is 10.9 Å². The lowest BCUT2D eigenvalue weighted by Gasteiger charge is -2.25. The third kappa shape index (κ3) is 3.07. The van der Waals surface area contributed by atoms with E-state index in [2.05, 4.69) is 0 Å². The number of rotatable bonds is 2. The summed E-state index contributed by atoms with van der Waals surface area (Å²) in [6.07, 6.45) is 0.840. The van der Waals surface area contributed by atoms with Gasteiger partial charge in [0.05, 0.1) is 5.56 Å². The molecule has 0 aromatic heterocycles. The standard InChI is InChI=1S/C14H18FN3OS/c1-10(19)17-6-3-7-18(9-8-17)12-5-2-4-11(15)13(12)14(16)20/h2,4-5H,3,6-9H2,1H3,(H2,16,20). The molecule has 1 aliphatic heterocycles. The van der Waals surface area contributed by atoms with Crippen molar-refractivity contribution in [2.24, 2.45) is 5.73 Å². The molecule has 1 aromatic rings.